The van der Waals surface area contributed by atoms with E-state index >= 15 is 0 Å². The van der Waals surface area contributed by atoms with E-state index in [1.807, 2.05) is 0 Å². The summed E-state index contributed by atoms with van der Waals surface area (Å²) in [7, 11) is -8.55. The summed E-state index contributed by atoms with van der Waals surface area (Å²) in [5.41, 5.74) is -0.640. The number of anilines is 1. The van der Waals surface area contributed by atoms with Crippen LogP contribution >= 0.6 is 7.60 Å². The van der Waals surface area contributed by atoms with Gasteiger partial charge in [0.15, 0.2) is 0 Å². The number of primary sulfonamides is 1. The van der Waals surface area contributed by atoms with Crippen LogP contribution in [0.3, 0.4) is 0 Å². The largest absolute Gasteiger partial charge is 0.368 e. The molecule has 0 saturated carbocycles. The van der Waals surface area contributed by atoms with Gasteiger partial charge >= 0.3 is 7.60 Å². The molecule has 0 spiro atoms. The van der Waals surface area contributed by atoms with Crippen molar-refractivity contribution < 1.29 is 27.7 Å². The number of nitrogens with two attached hydrogens (primary N) is 1. The second-order valence-corrected chi connectivity index (χ2v) is 7.79. The molecule has 2 aromatic carbocycles. The van der Waals surface area contributed by atoms with Crippen molar-refractivity contribution in [1.82, 2.24) is 0 Å². The molecule has 0 saturated heterocycles. The van der Waals surface area contributed by atoms with E-state index in [9.17, 15) is 23.1 Å². The highest BCUT2D eigenvalue weighted by Crippen LogP contribution is 2.39. The van der Waals surface area contributed by atoms with E-state index in [2.05, 4.69) is 5.32 Å². The van der Waals surface area contributed by atoms with Crippen molar-refractivity contribution in [2.45, 2.75) is 4.90 Å². The fraction of sp³-hybridized carbons (Fsp3) is 0.0909. The van der Waals surface area contributed by atoms with Crippen LogP contribution in [0.2, 0.25) is 0 Å². The molecule has 0 atom stereocenters. The van der Waals surface area contributed by atoms with E-state index in [-0.39, 0.29) is 21.4 Å². The Bertz CT molecular complexity index is 938. The molecule has 2 aromatic rings. The lowest BCUT2D eigenvalue weighted by atomic mass is 10.1. The Balaban J connectivity index is 2.77. The number of nitro benzene ring substituents is 1. The summed E-state index contributed by atoms with van der Waals surface area (Å²) in [6.07, 6.45) is -0.841. The van der Waals surface area contributed by atoms with Crippen LogP contribution in [0.1, 0.15) is 0 Å². The van der Waals surface area contributed by atoms with Crippen LogP contribution in [-0.4, -0.2) is 29.4 Å². The number of hydrogen-bond donors (Lipinski definition) is 4. The summed E-state index contributed by atoms with van der Waals surface area (Å²) in [6.45, 7) is 0. The summed E-state index contributed by atoms with van der Waals surface area (Å²) >= 11 is 0. The molecule has 0 amide bonds. The Kier molecular flexibility index (Phi) is 4.42. The summed E-state index contributed by atoms with van der Waals surface area (Å²) in [5, 5.41) is 18.7. The molecule has 23 heavy (non-hydrogen) atoms. The summed E-state index contributed by atoms with van der Waals surface area (Å²) < 4.78 is 34.2. The molecule has 0 aliphatic rings. The van der Waals surface area contributed by atoms with Gasteiger partial charge < -0.3 is 15.1 Å². The van der Waals surface area contributed by atoms with Crippen LogP contribution in [0, 0.1) is 10.1 Å². The molecule has 0 aromatic heterocycles. The first kappa shape index (κ1) is 17.3. The number of fused-ring (bicyclic) bond motifs is 1. The van der Waals surface area contributed by atoms with Crippen LogP contribution < -0.4 is 10.5 Å². The van der Waals surface area contributed by atoms with Crippen molar-refractivity contribution in [1.29, 1.82) is 0 Å². The van der Waals surface area contributed by atoms with Crippen molar-refractivity contribution in [2.75, 3.05) is 11.6 Å². The fourth-order valence-corrected chi connectivity index (χ4v) is 3.20. The summed E-state index contributed by atoms with van der Waals surface area (Å²) in [5.74, 6) is 0. The van der Waals surface area contributed by atoms with Crippen LogP contribution in [0.25, 0.3) is 10.8 Å². The second-order valence-electron chi connectivity index (χ2n) is 4.61. The SMILES string of the molecule is NS(=O)(=O)c1cccc2c(NCP(=O)(O)O)c([N+](=O)[O-])ccc12. The van der Waals surface area contributed by atoms with Gasteiger partial charge in [0.2, 0.25) is 10.0 Å². The number of nitro groups is 1. The lowest BCUT2D eigenvalue weighted by Crippen LogP contribution is -2.13. The number of sulfonamides is 1. The maximum absolute atomic E-state index is 11.6. The Morgan fingerprint density at radius 3 is 2.39 bits per heavy atom. The number of nitrogens with zero attached hydrogens (tertiary/aromatic N) is 1. The van der Waals surface area contributed by atoms with Gasteiger partial charge in [-0.05, 0) is 12.1 Å². The maximum Gasteiger partial charge on any atom is 0.344 e. The van der Waals surface area contributed by atoms with Crippen molar-refractivity contribution in [2.24, 2.45) is 5.14 Å². The van der Waals surface area contributed by atoms with Gasteiger partial charge in [-0.2, -0.15) is 0 Å². The average Bonchev–Trinajstić information content (AvgIpc) is 2.41. The molecule has 0 unspecified atom stereocenters. The molecular weight excluding hydrogens is 349 g/mol. The van der Waals surface area contributed by atoms with Gasteiger partial charge in [-0.15, -0.1) is 0 Å². The van der Waals surface area contributed by atoms with E-state index < -0.39 is 34.5 Å². The standard InChI is InChI=1S/C11H12N3O7PS/c12-23(20,21)10-3-1-2-8-7(10)4-5-9(14(15)16)11(8)13-6-22(17,18)19/h1-5,13H,6H2,(H2,12,20,21)(H2,17,18,19). The van der Waals surface area contributed by atoms with Crippen LogP contribution in [0.4, 0.5) is 11.4 Å². The molecule has 5 N–H and O–H groups in total. The van der Waals surface area contributed by atoms with E-state index in [0.29, 0.717) is 0 Å². The van der Waals surface area contributed by atoms with Crippen molar-refractivity contribution in [3.8, 4) is 0 Å². The Morgan fingerprint density at radius 1 is 1.22 bits per heavy atom. The number of benzene rings is 2. The van der Waals surface area contributed by atoms with E-state index in [1.165, 1.54) is 24.3 Å². The van der Waals surface area contributed by atoms with Gasteiger partial charge in [-0.25, -0.2) is 13.6 Å². The molecule has 0 aliphatic heterocycles. The smallest absolute Gasteiger partial charge is 0.344 e. The van der Waals surface area contributed by atoms with E-state index in [4.69, 9.17) is 14.9 Å². The number of hydrogen-bond acceptors (Lipinski definition) is 6. The second kappa shape index (κ2) is 5.87. The highest BCUT2D eigenvalue weighted by molar-refractivity contribution is 7.89. The van der Waals surface area contributed by atoms with Crippen molar-refractivity contribution in [3.05, 3.63) is 40.4 Å². The van der Waals surface area contributed by atoms with Crippen molar-refractivity contribution in [3.63, 3.8) is 0 Å². The normalized spacial score (nSPS) is 12.3. The predicted molar refractivity (Wildman–Crippen MR) is 82.5 cm³/mol. The van der Waals surface area contributed by atoms with Gasteiger partial charge in [0.25, 0.3) is 5.69 Å². The van der Waals surface area contributed by atoms with Gasteiger partial charge in [0.05, 0.1) is 9.82 Å². The maximum atomic E-state index is 11.6. The molecule has 12 heteroatoms. The molecule has 2 rings (SSSR count). The van der Waals surface area contributed by atoms with Crippen LogP contribution in [-0.2, 0) is 14.6 Å². The molecule has 0 heterocycles. The molecule has 0 fully saturated rings. The molecule has 0 bridgehead atoms. The highest BCUT2D eigenvalue weighted by Gasteiger charge is 2.23. The minimum Gasteiger partial charge on any atom is -0.368 e. The molecule has 124 valence electrons. The summed E-state index contributed by atoms with van der Waals surface area (Å²) in [4.78, 5) is 28.0. The Hall–Kier alpha value is -2.04. The third kappa shape index (κ3) is 3.84. The zero-order chi connectivity index (χ0) is 17.4. The van der Waals surface area contributed by atoms with E-state index in [1.54, 1.807) is 0 Å². The topological polar surface area (TPSA) is 173 Å². The number of rotatable bonds is 5. The lowest BCUT2D eigenvalue weighted by Gasteiger charge is -2.12. The lowest BCUT2D eigenvalue weighted by molar-refractivity contribution is -0.383. The minimum atomic E-state index is -4.48. The van der Waals surface area contributed by atoms with Crippen LogP contribution in [0.5, 0.6) is 0 Å². The fourth-order valence-electron chi connectivity index (χ4n) is 2.09. The first-order valence-electron chi connectivity index (χ1n) is 6.02. The minimum absolute atomic E-state index is 0.105. The highest BCUT2D eigenvalue weighted by atomic mass is 32.2. The van der Waals surface area contributed by atoms with Gasteiger partial charge in [-0.1, -0.05) is 12.1 Å². The van der Waals surface area contributed by atoms with E-state index in [0.717, 1.165) is 6.07 Å². The zero-order valence-electron chi connectivity index (χ0n) is 11.4. The quantitative estimate of drug-likeness (QED) is 0.346. The summed E-state index contributed by atoms with van der Waals surface area (Å²) in [6, 6.07) is 6.21. The van der Waals surface area contributed by atoms with Gasteiger partial charge in [-0.3, -0.25) is 14.7 Å². The third-order valence-electron chi connectivity index (χ3n) is 2.96. The van der Waals surface area contributed by atoms with Crippen molar-refractivity contribution >= 4 is 39.8 Å². The van der Waals surface area contributed by atoms with Gasteiger partial charge in [0, 0.05) is 16.8 Å². The molecular formula is C11H12N3O7PS. The molecule has 0 aliphatic carbocycles. The van der Waals surface area contributed by atoms with Gasteiger partial charge in [0.1, 0.15) is 12.0 Å². The Labute approximate surface area is 130 Å². The predicted octanol–water partition coefficient (Wildman–Crippen LogP) is 0.942. The zero-order valence-corrected chi connectivity index (χ0v) is 13.1. The van der Waals surface area contributed by atoms with Crippen LogP contribution in [0.15, 0.2) is 35.2 Å². The first-order valence-corrected chi connectivity index (χ1v) is 9.36. The third-order valence-corrected chi connectivity index (χ3v) is 4.50. The first-order chi connectivity index (χ1) is 10.5. The molecule has 10 nitrogen and oxygen atoms in total. The monoisotopic (exact) mass is 361 g/mol. The molecule has 0 radical (unpaired) electrons. The Morgan fingerprint density at radius 2 is 1.87 bits per heavy atom. The average molecular weight is 361 g/mol. The number of nitrogens with one attached hydrogen (secondary N) is 1.